The fraction of sp³-hybridized carbons (Fsp3) is 0.364. The summed E-state index contributed by atoms with van der Waals surface area (Å²) in [7, 11) is 0. The molecule has 0 aromatic carbocycles. The van der Waals surface area contributed by atoms with E-state index in [0.29, 0.717) is 0 Å². The van der Waals surface area contributed by atoms with Gasteiger partial charge in [0.05, 0.1) is 5.69 Å². The molecule has 2 aromatic rings. The van der Waals surface area contributed by atoms with Crippen LogP contribution in [0.2, 0.25) is 0 Å². The van der Waals surface area contributed by atoms with Gasteiger partial charge in [-0.25, -0.2) is 4.98 Å². The quantitative estimate of drug-likeness (QED) is 0.707. The second-order valence-electron chi connectivity index (χ2n) is 3.52. The lowest BCUT2D eigenvalue weighted by atomic mass is 10.4. The maximum atomic E-state index is 5.41. The molecule has 0 aliphatic carbocycles. The average Bonchev–Trinajstić information content (AvgIpc) is 2.67. The van der Waals surface area contributed by atoms with Crippen molar-refractivity contribution in [2.75, 3.05) is 13.1 Å². The van der Waals surface area contributed by atoms with E-state index in [1.165, 1.54) is 0 Å². The lowest BCUT2D eigenvalue weighted by molar-refractivity contribution is 0.648. The molecule has 3 N–H and O–H groups in total. The number of fused-ring (bicyclic) bond motifs is 1. The Morgan fingerprint density at radius 3 is 3.13 bits per heavy atom. The van der Waals surface area contributed by atoms with Crippen LogP contribution < -0.4 is 11.1 Å². The SMILES string of the molecule is NCCCNCc1cn2ccccc2n1. The number of hydrogen-bond donors (Lipinski definition) is 2. The monoisotopic (exact) mass is 204 g/mol. The van der Waals surface area contributed by atoms with E-state index >= 15 is 0 Å². The molecule has 0 aliphatic heterocycles. The summed E-state index contributed by atoms with van der Waals surface area (Å²) in [6.07, 6.45) is 5.06. The van der Waals surface area contributed by atoms with Crippen molar-refractivity contribution in [2.45, 2.75) is 13.0 Å². The minimum atomic E-state index is 0.734. The number of nitrogens with zero attached hydrogens (tertiary/aromatic N) is 2. The van der Waals surface area contributed by atoms with Crippen LogP contribution in [0.25, 0.3) is 5.65 Å². The fourth-order valence-electron chi connectivity index (χ4n) is 1.52. The topological polar surface area (TPSA) is 55.3 Å². The first kappa shape index (κ1) is 10.1. The summed E-state index contributed by atoms with van der Waals surface area (Å²) >= 11 is 0. The molecular formula is C11H16N4. The first-order valence-corrected chi connectivity index (χ1v) is 5.23. The number of aromatic nitrogens is 2. The maximum Gasteiger partial charge on any atom is 0.137 e. The normalized spacial score (nSPS) is 11.0. The van der Waals surface area contributed by atoms with Gasteiger partial charge in [0.25, 0.3) is 0 Å². The highest BCUT2D eigenvalue weighted by molar-refractivity contribution is 5.39. The highest BCUT2D eigenvalue weighted by Crippen LogP contribution is 2.03. The molecule has 0 fully saturated rings. The van der Waals surface area contributed by atoms with Crippen molar-refractivity contribution in [1.29, 1.82) is 0 Å². The average molecular weight is 204 g/mol. The van der Waals surface area contributed by atoms with Crippen molar-refractivity contribution in [1.82, 2.24) is 14.7 Å². The first-order valence-electron chi connectivity index (χ1n) is 5.23. The lowest BCUT2D eigenvalue weighted by Crippen LogP contribution is -2.17. The molecule has 0 aliphatic rings. The first-order chi connectivity index (χ1) is 7.40. The van der Waals surface area contributed by atoms with E-state index < -0.39 is 0 Å². The number of pyridine rings is 1. The molecule has 0 bridgehead atoms. The highest BCUT2D eigenvalue weighted by atomic mass is 15.0. The number of imidazole rings is 1. The summed E-state index contributed by atoms with van der Waals surface area (Å²) in [5.74, 6) is 0. The predicted octanol–water partition coefficient (Wildman–Crippen LogP) is 0.773. The zero-order valence-corrected chi connectivity index (χ0v) is 8.69. The van der Waals surface area contributed by atoms with Crippen LogP contribution in [0.1, 0.15) is 12.1 Å². The van der Waals surface area contributed by atoms with Crippen LogP contribution in [-0.2, 0) is 6.54 Å². The maximum absolute atomic E-state index is 5.41. The van der Waals surface area contributed by atoms with Crippen LogP contribution in [0, 0.1) is 0 Å². The van der Waals surface area contributed by atoms with Gasteiger partial charge in [-0.05, 0) is 31.6 Å². The molecule has 2 aromatic heterocycles. The second-order valence-corrected chi connectivity index (χ2v) is 3.52. The van der Waals surface area contributed by atoms with Gasteiger partial charge < -0.3 is 15.5 Å². The molecule has 4 heteroatoms. The zero-order valence-electron chi connectivity index (χ0n) is 8.69. The summed E-state index contributed by atoms with van der Waals surface area (Å²) in [6, 6.07) is 6.00. The van der Waals surface area contributed by atoms with Crippen molar-refractivity contribution in [2.24, 2.45) is 5.73 Å². The molecule has 0 radical (unpaired) electrons. The smallest absolute Gasteiger partial charge is 0.137 e. The predicted molar refractivity (Wildman–Crippen MR) is 60.6 cm³/mol. The van der Waals surface area contributed by atoms with E-state index in [2.05, 4.69) is 10.3 Å². The van der Waals surface area contributed by atoms with Gasteiger partial charge in [-0.15, -0.1) is 0 Å². The van der Waals surface area contributed by atoms with Gasteiger partial charge in [0.15, 0.2) is 0 Å². The van der Waals surface area contributed by atoms with Gasteiger partial charge in [-0.3, -0.25) is 0 Å². The summed E-state index contributed by atoms with van der Waals surface area (Å²) < 4.78 is 2.03. The molecule has 2 rings (SSSR count). The van der Waals surface area contributed by atoms with Crippen molar-refractivity contribution in [3.63, 3.8) is 0 Å². The van der Waals surface area contributed by atoms with Crippen molar-refractivity contribution >= 4 is 5.65 Å². The molecule has 0 amide bonds. The summed E-state index contributed by atoms with van der Waals surface area (Å²) in [6.45, 7) is 2.49. The zero-order chi connectivity index (χ0) is 10.5. The molecule has 0 saturated heterocycles. The van der Waals surface area contributed by atoms with Gasteiger partial charge in [-0.1, -0.05) is 6.07 Å². The minimum Gasteiger partial charge on any atom is -0.330 e. The molecule has 80 valence electrons. The van der Waals surface area contributed by atoms with Gasteiger partial charge in [0.2, 0.25) is 0 Å². The standard InChI is InChI=1S/C11H16N4/c12-5-3-6-13-8-10-9-15-7-2-1-4-11(15)14-10/h1-2,4,7,9,13H,3,5-6,8,12H2. The minimum absolute atomic E-state index is 0.734. The van der Waals surface area contributed by atoms with Gasteiger partial charge >= 0.3 is 0 Å². The number of hydrogen-bond acceptors (Lipinski definition) is 3. The Labute approximate surface area is 89.1 Å². The van der Waals surface area contributed by atoms with Crippen LogP contribution in [0.4, 0.5) is 0 Å². The Hall–Kier alpha value is -1.39. The van der Waals surface area contributed by atoms with Crippen molar-refractivity contribution < 1.29 is 0 Å². The van der Waals surface area contributed by atoms with Gasteiger partial charge in [0.1, 0.15) is 5.65 Å². The van der Waals surface area contributed by atoms with E-state index in [-0.39, 0.29) is 0 Å². The van der Waals surface area contributed by atoms with Crippen LogP contribution in [-0.4, -0.2) is 22.5 Å². The Balaban J connectivity index is 1.97. The Morgan fingerprint density at radius 2 is 2.33 bits per heavy atom. The van der Waals surface area contributed by atoms with Crippen LogP contribution >= 0.6 is 0 Å². The molecule has 0 atom stereocenters. The third kappa shape index (κ3) is 2.55. The van der Waals surface area contributed by atoms with Crippen LogP contribution in [0.5, 0.6) is 0 Å². The Kier molecular flexibility index (Phi) is 3.32. The fourth-order valence-corrected chi connectivity index (χ4v) is 1.52. The molecule has 0 saturated carbocycles. The van der Waals surface area contributed by atoms with E-state index in [0.717, 1.165) is 37.4 Å². The van der Waals surface area contributed by atoms with Gasteiger partial charge in [0, 0.05) is 18.9 Å². The third-order valence-electron chi connectivity index (χ3n) is 2.28. The molecule has 0 unspecified atom stereocenters. The summed E-state index contributed by atoms with van der Waals surface area (Å²) in [5.41, 5.74) is 7.47. The molecule has 2 heterocycles. The van der Waals surface area contributed by atoms with E-state index in [4.69, 9.17) is 5.73 Å². The number of rotatable bonds is 5. The molecule has 4 nitrogen and oxygen atoms in total. The highest BCUT2D eigenvalue weighted by Gasteiger charge is 1.99. The molecular weight excluding hydrogens is 188 g/mol. The van der Waals surface area contributed by atoms with Crippen molar-refractivity contribution in [3.05, 3.63) is 36.3 Å². The van der Waals surface area contributed by atoms with Crippen molar-refractivity contribution in [3.8, 4) is 0 Å². The number of nitrogens with two attached hydrogens (primary N) is 1. The van der Waals surface area contributed by atoms with Crippen LogP contribution in [0.15, 0.2) is 30.6 Å². The molecule has 15 heavy (non-hydrogen) atoms. The Morgan fingerprint density at radius 1 is 1.40 bits per heavy atom. The third-order valence-corrected chi connectivity index (χ3v) is 2.28. The Bertz CT molecular complexity index is 388. The summed E-state index contributed by atoms with van der Waals surface area (Å²) in [5, 5.41) is 3.31. The van der Waals surface area contributed by atoms with Gasteiger partial charge in [-0.2, -0.15) is 0 Å². The summed E-state index contributed by atoms with van der Waals surface area (Å²) in [4.78, 5) is 4.48. The van der Waals surface area contributed by atoms with E-state index in [1.807, 2.05) is 35.0 Å². The largest absolute Gasteiger partial charge is 0.330 e. The van der Waals surface area contributed by atoms with E-state index in [9.17, 15) is 0 Å². The van der Waals surface area contributed by atoms with E-state index in [1.54, 1.807) is 0 Å². The molecule has 0 spiro atoms. The number of nitrogens with one attached hydrogen (secondary N) is 1. The lowest BCUT2D eigenvalue weighted by Gasteiger charge is -1.99. The van der Waals surface area contributed by atoms with Crippen LogP contribution in [0.3, 0.4) is 0 Å². The second kappa shape index (κ2) is 4.91.